The van der Waals surface area contributed by atoms with Gasteiger partial charge >= 0.3 is 57.1 Å². The molecule has 9 rings (SSSR count). The van der Waals surface area contributed by atoms with Crippen LogP contribution in [0.25, 0.3) is 22.3 Å². The van der Waals surface area contributed by atoms with Crippen LogP contribution < -0.4 is 73.7 Å². The number of carbonyl (C=O) groups is 2. The minimum absolute atomic E-state index is 0. The van der Waals surface area contributed by atoms with E-state index >= 15 is 0 Å². The van der Waals surface area contributed by atoms with Crippen LogP contribution in [0.15, 0.2) is 93.4 Å². The Morgan fingerprint density at radius 3 is 2.32 bits per heavy atom. The second kappa shape index (κ2) is 29.5. The summed E-state index contributed by atoms with van der Waals surface area (Å²) in [7, 11) is 1.90. The number of imidazole rings is 1. The zero-order chi connectivity index (χ0) is 53.1. The number of piperazine rings is 1. The molecular weight excluding hydrogens is 987 g/mol. The predicted octanol–water partition coefficient (Wildman–Crippen LogP) is 5.81. The number of hydrazone groups is 1. The van der Waals surface area contributed by atoms with Gasteiger partial charge in [-0.15, -0.1) is 0 Å². The van der Waals surface area contributed by atoms with Crippen molar-refractivity contribution in [3.05, 3.63) is 140 Å². The number of rotatable bonds is 17. The zero-order valence-electron chi connectivity index (χ0n) is 46.3. The molecule has 5 N–H and O–H groups in total. The number of halogens is 1. The summed E-state index contributed by atoms with van der Waals surface area (Å²) in [6.45, 7) is 27.1. The standard InChI is InChI=1S/C31H34FN5O2.C23H36N4O.C5H10NO.K.H2O/c1-19-17-29(35(5)34-12-7-28(19)37-15-10-27-25(31(37)39)6-11-33-27)21(3)36-13-8-23(9-14-36)30-20(2)16-24(22(4)38)18-26(30)32;1-3-5-18(6-4-2)16-25-11-13-26(14-12-25)17-19-7-10-21-22(15-19)27(20-8-9-20)23(28)24-21;1-2-3-5(7)4-6;;/h7-8,10,12,15-18,21,33H,1,6,9,11,13-14H2,2-5H3;7,10,15,18,20H,3-6,8-9,11-14,16-17H2,1-2H3,(H,24,28);1-4,6H2;;1H2/q;;-1;+1;/p-1/b28-7+,29-17-,34-12-;;;;. The number of H-pyrrole nitrogens is 1. The Hall–Kier alpha value is -4.40. The van der Waals surface area contributed by atoms with Gasteiger partial charge in [0.1, 0.15) is 11.6 Å². The first-order valence-electron chi connectivity index (χ1n) is 26.9. The number of allylic oxidation sites excluding steroid dienone is 4. The van der Waals surface area contributed by atoms with E-state index in [0.717, 1.165) is 96.2 Å². The third-order valence-corrected chi connectivity index (χ3v) is 15.0. The van der Waals surface area contributed by atoms with Crippen molar-refractivity contribution in [2.24, 2.45) is 16.8 Å². The fraction of sp³-hybridized carbons (Fsp3) is 0.492. The van der Waals surface area contributed by atoms with Crippen LogP contribution in [-0.2, 0) is 17.8 Å². The van der Waals surface area contributed by atoms with Gasteiger partial charge in [-0.2, -0.15) is 11.5 Å². The average molecular weight is 1070 g/mol. The number of aryl methyl sites for hydroxylation is 1. The molecule has 0 spiro atoms. The van der Waals surface area contributed by atoms with Gasteiger partial charge in [-0.05, 0) is 136 Å². The van der Waals surface area contributed by atoms with Crippen LogP contribution in [0.3, 0.4) is 0 Å². The molecule has 406 valence electrons. The van der Waals surface area contributed by atoms with E-state index in [9.17, 15) is 23.6 Å². The topological polar surface area (TPSA) is 187 Å². The van der Waals surface area contributed by atoms with E-state index in [1.165, 1.54) is 63.9 Å². The minimum atomic E-state index is -0.349. The molecule has 1 unspecified atom stereocenters. The largest absolute Gasteiger partial charge is 1.00 e. The maximum absolute atomic E-state index is 15.0. The van der Waals surface area contributed by atoms with Crippen molar-refractivity contribution in [1.82, 2.24) is 33.8 Å². The van der Waals surface area contributed by atoms with Crippen LogP contribution in [0.1, 0.15) is 124 Å². The van der Waals surface area contributed by atoms with E-state index in [-0.39, 0.29) is 98.1 Å². The van der Waals surface area contributed by atoms with E-state index in [0.29, 0.717) is 55.1 Å². The first kappa shape index (κ1) is 62.4. The molecule has 1 saturated heterocycles. The zero-order valence-corrected chi connectivity index (χ0v) is 49.4. The number of benzene rings is 2. The van der Waals surface area contributed by atoms with Gasteiger partial charge in [-0.1, -0.05) is 45.4 Å². The Labute approximate surface area is 491 Å². The summed E-state index contributed by atoms with van der Waals surface area (Å²) in [5, 5.41) is 9.66. The number of hydrogen-bond acceptors (Lipinski definition) is 12. The van der Waals surface area contributed by atoms with Gasteiger partial charge in [0.15, 0.2) is 5.78 Å². The monoisotopic (exact) mass is 1070 g/mol. The number of nitrogens with two attached hydrogens (primary N) is 1. The van der Waals surface area contributed by atoms with Crippen molar-refractivity contribution in [2.45, 2.75) is 117 Å². The molecule has 0 amide bonds. The minimum Gasteiger partial charge on any atom is -0.870 e. The Kier molecular flexibility index (Phi) is 24.3. The second-order valence-electron chi connectivity index (χ2n) is 20.6. The number of nitrogens with one attached hydrogen (secondary N) is 2. The third kappa shape index (κ3) is 15.9. The number of likely N-dealkylation sites (N-methyl/N-ethyl adjacent to an activating group) is 1. The molecule has 1 saturated carbocycles. The number of fused-ring (bicyclic) bond motifs is 2. The molecule has 0 radical (unpaired) electrons. The van der Waals surface area contributed by atoms with Gasteiger partial charge in [0, 0.05) is 113 Å². The normalized spacial score (nSPS) is 19.1. The molecule has 2 aromatic heterocycles. The molecule has 0 bridgehead atoms. The smallest absolute Gasteiger partial charge is 0.870 e. The van der Waals surface area contributed by atoms with Crippen molar-refractivity contribution in [1.29, 1.82) is 0 Å². The summed E-state index contributed by atoms with van der Waals surface area (Å²) in [5.74, 6) is 0.475. The van der Waals surface area contributed by atoms with Crippen molar-refractivity contribution in [3.8, 4) is 0 Å². The first-order chi connectivity index (χ1) is 35.6. The molecule has 76 heavy (non-hydrogen) atoms. The fourth-order valence-corrected chi connectivity index (χ4v) is 10.8. The third-order valence-electron chi connectivity index (χ3n) is 15.0. The van der Waals surface area contributed by atoms with Crippen LogP contribution in [0.5, 0.6) is 0 Å². The summed E-state index contributed by atoms with van der Waals surface area (Å²) < 4.78 is 18.6. The Bertz CT molecular complexity index is 2880. The molecular formula is C59H81FKN10O5-. The van der Waals surface area contributed by atoms with Crippen LogP contribution >= 0.6 is 0 Å². The van der Waals surface area contributed by atoms with E-state index in [1.807, 2.05) is 41.8 Å². The van der Waals surface area contributed by atoms with Crippen molar-refractivity contribution >= 4 is 45.8 Å². The van der Waals surface area contributed by atoms with Gasteiger partial charge in [0.25, 0.3) is 5.56 Å². The summed E-state index contributed by atoms with van der Waals surface area (Å²) in [5.41, 5.74) is 15.2. The number of hydrogen-bond donors (Lipinski definition) is 3. The van der Waals surface area contributed by atoms with Gasteiger partial charge in [0.05, 0.1) is 29.0 Å². The number of aromatic nitrogens is 3. The molecule has 2 fully saturated rings. The summed E-state index contributed by atoms with van der Waals surface area (Å²) in [4.78, 5) is 58.0. The Morgan fingerprint density at radius 1 is 1.00 bits per heavy atom. The van der Waals surface area contributed by atoms with Crippen molar-refractivity contribution in [2.75, 3.05) is 71.3 Å². The SMILES string of the molecule is C=C1/C=C(/C(C)N2CC=C(c3c(C)cc(C(C)=O)cc3F)CC2)N(C)/N=C\C=C/1n1ccc2c(c1=O)CCN2.CCCC(CCC)CN1CCN(Cc2ccc3[nH]c(=O)n(C4CC4)c3c2)CC1.[CH2-]CCC(=O)CN.[K+].[OH-]. The molecule has 15 nitrogen and oxygen atoms in total. The van der Waals surface area contributed by atoms with E-state index in [4.69, 9.17) is 5.73 Å². The molecule has 1 aliphatic carbocycles. The maximum atomic E-state index is 15.0. The van der Waals surface area contributed by atoms with Crippen molar-refractivity contribution < 1.29 is 70.8 Å². The number of Topliss-reactive ketones (excluding diaryl/α,β-unsaturated/α-hetero) is 2. The van der Waals surface area contributed by atoms with Gasteiger partial charge < -0.3 is 33.3 Å². The molecule has 4 aromatic rings. The Balaban J connectivity index is 0.000000253. The molecule has 2 aromatic carbocycles. The quantitative estimate of drug-likeness (QED) is 0.0659. The number of carbonyl (C=O) groups excluding carboxylic acids is 2. The van der Waals surface area contributed by atoms with Crippen LogP contribution in [0, 0.1) is 25.6 Å². The molecule has 5 aliphatic rings. The molecule has 4 aliphatic heterocycles. The number of anilines is 1. The van der Waals surface area contributed by atoms with Crippen LogP contribution in [0.4, 0.5) is 10.1 Å². The van der Waals surface area contributed by atoms with Gasteiger partial charge in [0.2, 0.25) is 0 Å². The molecule has 17 heteroatoms. The molecule has 1 atom stereocenters. The van der Waals surface area contributed by atoms with Gasteiger partial charge in [-0.3, -0.25) is 38.3 Å². The number of pyridine rings is 1. The predicted molar refractivity (Wildman–Crippen MR) is 302 cm³/mol. The van der Waals surface area contributed by atoms with Crippen LogP contribution in [0.2, 0.25) is 0 Å². The first-order valence-corrected chi connectivity index (χ1v) is 26.9. The number of nitrogens with zero attached hydrogens (tertiary/aromatic N) is 7. The maximum Gasteiger partial charge on any atom is 1.00 e. The van der Waals surface area contributed by atoms with Crippen molar-refractivity contribution in [3.63, 3.8) is 0 Å². The summed E-state index contributed by atoms with van der Waals surface area (Å²) in [6.07, 6.45) is 19.6. The van der Waals surface area contributed by atoms with Gasteiger partial charge in [-0.25, -0.2) is 9.18 Å². The number of ketones is 2. The Morgan fingerprint density at radius 2 is 1.71 bits per heavy atom. The van der Waals surface area contributed by atoms with Crippen LogP contribution in [-0.4, -0.2) is 129 Å². The van der Waals surface area contributed by atoms with E-state index in [2.05, 4.69) is 88.7 Å². The summed E-state index contributed by atoms with van der Waals surface area (Å²) >= 11 is 0. The summed E-state index contributed by atoms with van der Waals surface area (Å²) in [6, 6.07) is 11.9. The second-order valence-corrected chi connectivity index (χ2v) is 20.6. The average Bonchev–Trinajstić information content (AvgIpc) is 3.99. The van der Waals surface area contributed by atoms with E-state index < -0.39 is 0 Å². The number of aromatic amines is 1. The molecule has 6 heterocycles. The van der Waals surface area contributed by atoms with E-state index in [1.54, 1.807) is 23.0 Å². The fourth-order valence-electron chi connectivity index (χ4n) is 10.8.